The Bertz CT molecular complexity index is 797. The van der Waals surface area contributed by atoms with Crippen molar-refractivity contribution in [2.75, 3.05) is 11.9 Å². The normalized spacial score (nSPS) is 16.5. The zero-order chi connectivity index (χ0) is 14.4. The zero-order valence-corrected chi connectivity index (χ0v) is 12.2. The molecule has 1 aromatic heterocycles. The van der Waals surface area contributed by atoms with Crippen molar-refractivity contribution >= 4 is 17.5 Å². The summed E-state index contributed by atoms with van der Waals surface area (Å²) in [5.74, 6) is 0.832. The zero-order valence-electron chi connectivity index (χ0n) is 11.4. The molecule has 0 fully saturated rings. The first-order valence-electron chi connectivity index (χ1n) is 6.73. The van der Waals surface area contributed by atoms with Crippen LogP contribution in [0.1, 0.15) is 17.2 Å². The van der Waals surface area contributed by atoms with Crippen molar-refractivity contribution in [3.63, 3.8) is 0 Å². The van der Waals surface area contributed by atoms with Gasteiger partial charge in [-0.2, -0.15) is 0 Å². The molecule has 0 saturated carbocycles. The molecule has 1 unspecified atom stereocenters. The summed E-state index contributed by atoms with van der Waals surface area (Å²) in [7, 11) is 2.03. The summed E-state index contributed by atoms with van der Waals surface area (Å²) < 4.78 is 1.99. The van der Waals surface area contributed by atoms with Gasteiger partial charge in [0.05, 0.1) is 11.7 Å². The van der Waals surface area contributed by atoms with E-state index in [-0.39, 0.29) is 6.04 Å². The van der Waals surface area contributed by atoms with E-state index in [1.807, 2.05) is 48.0 Å². The standard InChI is InChI=1S/C16H13ClN4/c1-20-15(11-5-3-2-4-6-11)13-9-12(17)7-8-14(13)21-10-18-19-16(20)21/h2-10,15H,1H3. The minimum Gasteiger partial charge on any atom is -0.332 e. The first-order valence-corrected chi connectivity index (χ1v) is 7.11. The van der Waals surface area contributed by atoms with Crippen molar-refractivity contribution in [2.24, 2.45) is 0 Å². The molecule has 104 valence electrons. The molecule has 0 bridgehead atoms. The summed E-state index contributed by atoms with van der Waals surface area (Å²) in [6, 6.07) is 16.4. The van der Waals surface area contributed by atoms with E-state index in [0.717, 1.165) is 22.2 Å². The third kappa shape index (κ3) is 1.83. The molecule has 1 atom stereocenters. The van der Waals surface area contributed by atoms with Gasteiger partial charge < -0.3 is 4.90 Å². The Morgan fingerprint density at radius 2 is 1.90 bits per heavy atom. The van der Waals surface area contributed by atoms with Crippen molar-refractivity contribution in [3.05, 3.63) is 71.0 Å². The number of hydrogen-bond donors (Lipinski definition) is 0. The Morgan fingerprint density at radius 1 is 1.10 bits per heavy atom. The van der Waals surface area contributed by atoms with Crippen LogP contribution in [-0.4, -0.2) is 21.8 Å². The Labute approximate surface area is 127 Å². The smallest absolute Gasteiger partial charge is 0.232 e. The molecule has 2 aromatic carbocycles. The monoisotopic (exact) mass is 296 g/mol. The first kappa shape index (κ1) is 12.4. The third-order valence-corrected chi connectivity index (χ3v) is 4.13. The van der Waals surface area contributed by atoms with E-state index >= 15 is 0 Å². The lowest BCUT2D eigenvalue weighted by Gasteiger charge is -2.35. The van der Waals surface area contributed by atoms with Crippen molar-refractivity contribution in [2.45, 2.75) is 6.04 Å². The van der Waals surface area contributed by atoms with Crippen LogP contribution in [0.5, 0.6) is 0 Å². The fraction of sp³-hybridized carbons (Fsp3) is 0.125. The number of hydrogen-bond acceptors (Lipinski definition) is 3. The number of benzene rings is 2. The number of fused-ring (bicyclic) bond motifs is 3. The van der Waals surface area contributed by atoms with Crippen molar-refractivity contribution in [1.29, 1.82) is 0 Å². The van der Waals surface area contributed by atoms with E-state index in [2.05, 4.69) is 27.2 Å². The van der Waals surface area contributed by atoms with Gasteiger partial charge in [0.1, 0.15) is 6.33 Å². The lowest BCUT2D eigenvalue weighted by Crippen LogP contribution is -2.32. The molecule has 1 aliphatic rings. The van der Waals surface area contributed by atoms with Gasteiger partial charge in [-0.25, -0.2) is 0 Å². The number of halogens is 1. The maximum Gasteiger partial charge on any atom is 0.232 e. The van der Waals surface area contributed by atoms with Gasteiger partial charge in [-0.15, -0.1) is 10.2 Å². The van der Waals surface area contributed by atoms with Gasteiger partial charge in [-0.3, -0.25) is 4.57 Å². The van der Waals surface area contributed by atoms with Crippen LogP contribution in [0.2, 0.25) is 5.02 Å². The lowest BCUT2D eigenvalue weighted by atomic mass is 9.94. The Balaban J connectivity index is 1.99. The molecule has 21 heavy (non-hydrogen) atoms. The van der Waals surface area contributed by atoms with E-state index in [1.54, 1.807) is 6.33 Å². The van der Waals surface area contributed by atoms with Crippen LogP contribution in [0.15, 0.2) is 54.9 Å². The highest BCUT2D eigenvalue weighted by molar-refractivity contribution is 6.30. The molecule has 0 radical (unpaired) electrons. The lowest BCUT2D eigenvalue weighted by molar-refractivity contribution is 0.707. The van der Waals surface area contributed by atoms with Crippen molar-refractivity contribution < 1.29 is 0 Å². The van der Waals surface area contributed by atoms with Crippen LogP contribution in [0.4, 0.5) is 5.95 Å². The van der Waals surface area contributed by atoms with E-state index in [9.17, 15) is 0 Å². The highest BCUT2D eigenvalue weighted by atomic mass is 35.5. The van der Waals surface area contributed by atoms with Gasteiger partial charge in [-0.05, 0) is 23.8 Å². The van der Waals surface area contributed by atoms with E-state index in [0.29, 0.717) is 0 Å². The molecule has 0 spiro atoms. The van der Waals surface area contributed by atoms with E-state index < -0.39 is 0 Å². The second-order valence-corrected chi connectivity index (χ2v) is 5.56. The molecule has 2 heterocycles. The summed E-state index contributed by atoms with van der Waals surface area (Å²) in [5.41, 5.74) is 3.44. The summed E-state index contributed by atoms with van der Waals surface area (Å²) >= 11 is 6.22. The molecular weight excluding hydrogens is 284 g/mol. The van der Waals surface area contributed by atoms with Crippen LogP contribution in [0.3, 0.4) is 0 Å². The summed E-state index contributed by atoms with van der Waals surface area (Å²) in [5, 5.41) is 9.02. The molecule has 0 aliphatic carbocycles. The molecule has 1 aliphatic heterocycles. The second kappa shape index (κ2) is 4.60. The van der Waals surface area contributed by atoms with Gasteiger partial charge >= 0.3 is 0 Å². The molecule has 0 amide bonds. The topological polar surface area (TPSA) is 34.0 Å². The fourth-order valence-electron chi connectivity index (χ4n) is 2.97. The highest BCUT2D eigenvalue weighted by Crippen LogP contribution is 2.40. The van der Waals surface area contributed by atoms with Crippen LogP contribution < -0.4 is 4.90 Å². The minimum atomic E-state index is 0.0802. The number of aromatic nitrogens is 3. The third-order valence-electron chi connectivity index (χ3n) is 3.89. The fourth-order valence-corrected chi connectivity index (χ4v) is 3.15. The number of anilines is 1. The SMILES string of the molecule is CN1c2nncn2-c2ccc(Cl)cc2C1c1ccccc1. The first-order chi connectivity index (χ1) is 10.3. The molecule has 0 saturated heterocycles. The quantitative estimate of drug-likeness (QED) is 0.689. The summed E-state index contributed by atoms with van der Waals surface area (Å²) in [4.78, 5) is 2.13. The Hall–Kier alpha value is -2.33. The van der Waals surface area contributed by atoms with Gasteiger partial charge in [0.2, 0.25) is 5.95 Å². The maximum atomic E-state index is 6.22. The van der Waals surface area contributed by atoms with Crippen molar-refractivity contribution in [1.82, 2.24) is 14.8 Å². The second-order valence-electron chi connectivity index (χ2n) is 5.13. The van der Waals surface area contributed by atoms with Gasteiger partial charge in [-0.1, -0.05) is 41.9 Å². The van der Waals surface area contributed by atoms with Crippen molar-refractivity contribution in [3.8, 4) is 5.69 Å². The molecule has 3 aromatic rings. The van der Waals surface area contributed by atoms with Crippen LogP contribution >= 0.6 is 11.6 Å². The largest absolute Gasteiger partial charge is 0.332 e. The predicted molar refractivity (Wildman–Crippen MR) is 83.1 cm³/mol. The Kier molecular flexibility index (Phi) is 2.72. The van der Waals surface area contributed by atoms with Crippen LogP contribution in [0, 0.1) is 0 Å². The van der Waals surface area contributed by atoms with Crippen LogP contribution in [-0.2, 0) is 0 Å². The Morgan fingerprint density at radius 3 is 2.71 bits per heavy atom. The molecule has 4 rings (SSSR count). The predicted octanol–water partition coefficient (Wildman–Crippen LogP) is 3.46. The average Bonchev–Trinajstić information content (AvgIpc) is 2.98. The molecule has 5 heteroatoms. The number of nitrogens with zero attached hydrogens (tertiary/aromatic N) is 4. The average molecular weight is 297 g/mol. The summed E-state index contributed by atoms with van der Waals surface area (Å²) in [6.45, 7) is 0. The van der Waals surface area contributed by atoms with Gasteiger partial charge in [0, 0.05) is 17.6 Å². The van der Waals surface area contributed by atoms with Crippen LogP contribution in [0.25, 0.3) is 5.69 Å². The summed E-state index contributed by atoms with van der Waals surface area (Å²) in [6.07, 6.45) is 1.74. The van der Waals surface area contributed by atoms with Gasteiger partial charge in [0.15, 0.2) is 0 Å². The minimum absolute atomic E-state index is 0.0802. The number of rotatable bonds is 1. The molecular formula is C16H13ClN4. The molecule has 0 N–H and O–H groups in total. The van der Waals surface area contributed by atoms with Gasteiger partial charge in [0.25, 0.3) is 0 Å². The van der Waals surface area contributed by atoms with E-state index in [4.69, 9.17) is 11.6 Å². The van der Waals surface area contributed by atoms with E-state index in [1.165, 1.54) is 5.56 Å². The highest BCUT2D eigenvalue weighted by Gasteiger charge is 2.31. The maximum absolute atomic E-state index is 6.22. The molecule has 4 nitrogen and oxygen atoms in total.